The van der Waals surface area contributed by atoms with Crippen LogP contribution >= 0.6 is 12.4 Å². The van der Waals surface area contributed by atoms with Crippen molar-refractivity contribution < 1.29 is 19.7 Å². The predicted molar refractivity (Wildman–Crippen MR) is 85.5 cm³/mol. The van der Waals surface area contributed by atoms with E-state index in [9.17, 15) is 10.2 Å². The van der Waals surface area contributed by atoms with Crippen molar-refractivity contribution in [1.29, 1.82) is 0 Å². The van der Waals surface area contributed by atoms with E-state index in [0.717, 1.165) is 0 Å². The molecule has 0 aliphatic heterocycles. The number of hydrogen-bond donors (Lipinski definition) is 3. The fourth-order valence-electron chi connectivity index (χ4n) is 1.84. The van der Waals surface area contributed by atoms with Crippen LogP contribution in [0.1, 0.15) is 38.9 Å². The summed E-state index contributed by atoms with van der Waals surface area (Å²) in [5, 5.41) is 20.2. The Morgan fingerprint density at radius 1 is 1.14 bits per heavy atom. The first-order valence-corrected chi connectivity index (χ1v) is 6.59. The van der Waals surface area contributed by atoms with Gasteiger partial charge in [0, 0.05) is 6.04 Å². The number of phenols is 1. The Bertz CT molecular complexity index is 434. The fourth-order valence-corrected chi connectivity index (χ4v) is 1.84. The quantitative estimate of drug-likeness (QED) is 0.777. The molecule has 0 aliphatic rings. The largest absolute Gasteiger partial charge is 0.502 e. The van der Waals surface area contributed by atoms with Gasteiger partial charge in [-0.2, -0.15) is 0 Å². The van der Waals surface area contributed by atoms with E-state index >= 15 is 0 Å². The molecule has 6 heteroatoms. The van der Waals surface area contributed by atoms with Crippen LogP contribution in [0.5, 0.6) is 17.2 Å². The number of methoxy groups -OCH3 is 2. The van der Waals surface area contributed by atoms with Crippen LogP contribution in [-0.2, 0) is 0 Å². The summed E-state index contributed by atoms with van der Waals surface area (Å²) in [7, 11) is 2.90. The van der Waals surface area contributed by atoms with Gasteiger partial charge in [-0.3, -0.25) is 0 Å². The Morgan fingerprint density at radius 2 is 1.57 bits per heavy atom. The van der Waals surface area contributed by atoms with E-state index < -0.39 is 6.10 Å². The molecule has 0 bridgehead atoms. The van der Waals surface area contributed by atoms with Crippen LogP contribution < -0.4 is 15.2 Å². The molecule has 0 amide bonds. The fraction of sp³-hybridized carbons (Fsp3) is 0.600. The van der Waals surface area contributed by atoms with Crippen molar-refractivity contribution in [3.8, 4) is 17.2 Å². The lowest BCUT2D eigenvalue weighted by atomic mass is 9.83. The topological polar surface area (TPSA) is 84.9 Å². The zero-order chi connectivity index (χ0) is 15.5. The number of nitrogens with two attached hydrogens (primary N) is 1. The zero-order valence-corrected chi connectivity index (χ0v) is 14.0. The Morgan fingerprint density at radius 3 is 1.90 bits per heavy atom. The molecule has 0 aliphatic carbocycles. The number of benzene rings is 1. The van der Waals surface area contributed by atoms with Crippen molar-refractivity contribution >= 4 is 12.4 Å². The van der Waals surface area contributed by atoms with Gasteiger partial charge < -0.3 is 25.4 Å². The van der Waals surface area contributed by atoms with Crippen molar-refractivity contribution in [2.75, 3.05) is 14.2 Å². The third kappa shape index (κ3) is 4.95. The molecule has 0 aromatic heterocycles. The Balaban J connectivity index is 0.00000400. The standard InChI is InChI=1S/C15H25NO4.ClH/c1-15(2,3)13(16)8-10(17)9-6-11(19-4)14(18)12(7-9)20-5;/h6-7,10,13,17-18H,8,16H2,1-5H3;1H/t10-,13+;/m1./s1. The highest BCUT2D eigenvalue weighted by molar-refractivity contribution is 5.85. The highest BCUT2D eigenvalue weighted by atomic mass is 35.5. The van der Waals surface area contributed by atoms with E-state index in [2.05, 4.69) is 0 Å². The number of ether oxygens (including phenoxy) is 2. The van der Waals surface area contributed by atoms with Crippen LogP contribution in [0.3, 0.4) is 0 Å². The van der Waals surface area contributed by atoms with E-state index in [1.165, 1.54) is 14.2 Å². The first kappa shape index (κ1) is 19.8. The number of aliphatic hydroxyl groups excluding tert-OH is 1. The van der Waals surface area contributed by atoms with Crippen LogP contribution in [0, 0.1) is 5.41 Å². The number of aliphatic hydroxyl groups is 1. The molecule has 1 aromatic carbocycles. The number of hydrogen-bond acceptors (Lipinski definition) is 5. The minimum Gasteiger partial charge on any atom is -0.502 e. The minimum absolute atomic E-state index is 0. The lowest BCUT2D eigenvalue weighted by molar-refractivity contribution is 0.132. The van der Waals surface area contributed by atoms with Gasteiger partial charge in [0.1, 0.15) is 0 Å². The highest BCUT2D eigenvalue weighted by Crippen LogP contribution is 2.39. The predicted octanol–water partition coefficient (Wildman–Crippen LogP) is 2.63. The van der Waals surface area contributed by atoms with Gasteiger partial charge in [0.15, 0.2) is 11.5 Å². The van der Waals surface area contributed by atoms with Gasteiger partial charge in [-0.05, 0) is 29.5 Å². The van der Waals surface area contributed by atoms with Crippen LogP contribution in [0.15, 0.2) is 12.1 Å². The average Bonchev–Trinajstić information content (AvgIpc) is 2.37. The summed E-state index contributed by atoms with van der Waals surface area (Å²) in [4.78, 5) is 0. The summed E-state index contributed by atoms with van der Waals surface area (Å²) >= 11 is 0. The van der Waals surface area contributed by atoms with Crippen LogP contribution in [0.2, 0.25) is 0 Å². The minimum atomic E-state index is -0.743. The SMILES string of the molecule is COc1cc([C@H](O)C[C@H](N)C(C)(C)C)cc(OC)c1O.Cl. The van der Waals surface area contributed by atoms with E-state index in [1.54, 1.807) is 12.1 Å². The van der Waals surface area contributed by atoms with Gasteiger partial charge in [0.25, 0.3) is 0 Å². The summed E-state index contributed by atoms with van der Waals surface area (Å²) in [5.74, 6) is 0.455. The maximum atomic E-state index is 10.3. The van der Waals surface area contributed by atoms with E-state index in [4.69, 9.17) is 15.2 Å². The Hall–Kier alpha value is -1.17. The second kappa shape index (κ2) is 7.73. The molecule has 1 aromatic rings. The monoisotopic (exact) mass is 319 g/mol. The molecule has 0 saturated carbocycles. The molecule has 5 nitrogen and oxygen atoms in total. The molecule has 122 valence electrons. The smallest absolute Gasteiger partial charge is 0.200 e. The number of phenolic OH excluding ortho intramolecular Hbond substituents is 1. The van der Waals surface area contributed by atoms with Crippen molar-refractivity contribution in [1.82, 2.24) is 0 Å². The number of aromatic hydroxyl groups is 1. The van der Waals surface area contributed by atoms with Crippen LogP contribution in [-0.4, -0.2) is 30.5 Å². The third-order valence-corrected chi connectivity index (χ3v) is 3.48. The van der Waals surface area contributed by atoms with E-state index in [0.29, 0.717) is 12.0 Å². The van der Waals surface area contributed by atoms with Gasteiger partial charge in [0.2, 0.25) is 5.75 Å². The molecule has 0 saturated heterocycles. The lowest BCUT2D eigenvalue weighted by Gasteiger charge is -2.29. The molecule has 0 fully saturated rings. The molecule has 0 unspecified atom stereocenters. The second-order valence-electron chi connectivity index (χ2n) is 6.00. The lowest BCUT2D eigenvalue weighted by Crippen LogP contribution is -2.36. The summed E-state index contributed by atoms with van der Waals surface area (Å²) in [5.41, 5.74) is 6.60. The molecule has 4 N–H and O–H groups in total. The van der Waals surface area contributed by atoms with E-state index in [1.807, 2.05) is 20.8 Å². The molecular weight excluding hydrogens is 294 g/mol. The first-order valence-electron chi connectivity index (χ1n) is 6.59. The molecule has 21 heavy (non-hydrogen) atoms. The maximum absolute atomic E-state index is 10.3. The van der Waals surface area contributed by atoms with Crippen LogP contribution in [0.25, 0.3) is 0 Å². The van der Waals surface area contributed by atoms with Crippen LogP contribution in [0.4, 0.5) is 0 Å². The number of rotatable bonds is 5. The number of halogens is 1. The molecule has 0 spiro atoms. The zero-order valence-electron chi connectivity index (χ0n) is 13.2. The summed E-state index contributed by atoms with van der Waals surface area (Å²) in [6.07, 6.45) is -0.326. The van der Waals surface area contributed by atoms with Crippen molar-refractivity contribution in [3.05, 3.63) is 17.7 Å². The normalized spacial score (nSPS) is 14.0. The van der Waals surface area contributed by atoms with Crippen molar-refractivity contribution in [2.24, 2.45) is 11.1 Å². The molecular formula is C15H26ClNO4. The van der Waals surface area contributed by atoms with E-state index in [-0.39, 0.29) is 41.1 Å². The van der Waals surface area contributed by atoms with Gasteiger partial charge in [-0.25, -0.2) is 0 Å². The summed E-state index contributed by atoms with van der Waals surface area (Å²) in [6, 6.07) is 3.04. The first-order chi connectivity index (χ1) is 9.20. The van der Waals surface area contributed by atoms with Gasteiger partial charge >= 0.3 is 0 Å². The summed E-state index contributed by atoms with van der Waals surface area (Å²) < 4.78 is 10.2. The Kier molecular flexibility index (Phi) is 7.30. The molecule has 0 heterocycles. The van der Waals surface area contributed by atoms with Crippen molar-refractivity contribution in [3.63, 3.8) is 0 Å². The van der Waals surface area contributed by atoms with Crippen molar-refractivity contribution in [2.45, 2.75) is 39.3 Å². The van der Waals surface area contributed by atoms with Gasteiger partial charge in [-0.15, -0.1) is 12.4 Å². The summed E-state index contributed by atoms with van der Waals surface area (Å²) in [6.45, 7) is 6.09. The molecule has 2 atom stereocenters. The second-order valence-corrected chi connectivity index (χ2v) is 6.00. The molecule has 1 rings (SSSR count). The van der Waals surface area contributed by atoms with Gasteiger partial charge in [0.05, 0.1) is 20.3 Å². The Labute approximate surface area is 132 Å². The third-order valence-electron chi connectivity index (χ3n) is 3.48. The maximum Gasteiger partial charge on any atom is 0.200 e. The average molecular weight is 320 g/mol. The molecule has 0 radical (unpaired) electrons. The van der Waals surface area contributed by atoms with Gasteiger partial charge in [-0.1, -0.05) is 20.8 Å². The highest BCUT2D eigenvalue weighted by Gasteiger charge is 2.25.